The van der Waals surface area contributed by atoms with Crippen LogP contribution in [0.25, 0.3) is 11.4 Å². The minimum Gasteiger partial charge on any atom is -0.342 e. The van der Waals surface area contributed by atoms with Crippen molar-refractivity contribution in [2.24, 2.45) is 5.73 Å². The molecule has 1 aliphatic heterocycles. The van der Waals surface area contributed by atoms with Crippen molar-refractivity contribution in [3.63, 3.8) is 0 Å². The minimum atomic E-state index is 0.102. The zero-order valence-electron chi connectivity index (χ0n) is 14.9. The fraction of sp³-hybridized carbons (Fsp3) is 0.526. The lowest BCUT2D eigenvalue weighted by atomic mass is 9.97. The molecule has 2 N–H and O–H groups in total. The van der Waals surface area contributed by atoms with Gasteiger partial charge in [0.15, 0.2) is 0 Å². The van der Waals surface area contributed by atoms with Crippen LogP contribution in [0.2, 0.25) is 5.02 Å². The van der Waals surface area contributed by atoms with E-state index in [9.17, 15) is 4.79 Å². The maximum absolute atomic E-state index is 12.4. The van der Waals surface area contributed by atoms with E-state index in [1.807, 2.05) is 17.0 Å². The summed E-state index contributed by atoms with van der Waals surface area (Å²) in [6.45, 7) is 2.15. The normalized spacial score (nSPS) is 17.5. The summed E-state index contributed by atoms with van der Waals surface area (Å²) in [5.74, 6) is 1.48. The van der Waals surface area contributed by atoms with Gasteiger partial charge in [-0.1, -0.05) is 23.2 Å². The molecule has 0 aliphatic carbocycles. The number of hydrogen-bond donors (Lipinski definition) is 1. The van der Waals surface area contributed by atoms with Crippen LogP contribution in [-0.4, -0.2) is 40.6 Å². The van der Waals surface area contributed by atoms with Crippen molar-refractivity contribution in [2.75, 3.05) is 19.6 Å². The maximum atomic E-state index is 12.4. The lowest BCUT2D eigenvalue weighted by Gasteiger charge is -2.31. The molecule has 140 valence electrons. The predicted molar refractivity (Wildman–Crippen MR) is 101 cm³/mol. The molecule has 1 aliphatic rings. The van der Waals surface area contributed by atoms with E-state index in [2.05, 4.69) is 10.1 Å². The second-order valence-electron chi connectivity index (χ2n) is 6.74. The third kappa shape index (κ3) is 4.83. The summed E-state index contributed by atoms with van der Waals surface area (Å²) in [6.07, 6.45) is 5.39. The number of piperidine rings is 1. The smallest absolute Gasteiger partial charge is 0.231 e. The molecule has 3 rings (SSSR count). The summed E-state index contributed by atoms with van der Waals surface area (Å²) in [5, 5.41) is 4.76. The molecule has 0 unspecified atom stereocenters. The molecule has 1 aromatic carbocycles. The second kappa shape index (κ2) is 9.14. The molecule has 2 heterocycles. The highest BCUT2D eigenvalue weighted by molar-refractivity contribution is 6.30. The van der Waals surface area contributed by atoms with Gasteiger partial charge in [-0.15, -0.1) is 0 Å². The van der Waals surface area contributed by atoms with Crippen LogP contribution < -0.4 is 5.73 Å². The predicted octanol–water partition coefficient (Wildman–Crippen LogP) is 3.62. The first-order valence-corrected chi connectivity index (χ1v) is 9.62. The quantitative estimate of drug-likeness (QED) is 0.746. The largest absolute Gasteiger partial charge is 0.342 e. The minimum absolute atomic E-state index is 0.102. The number of benzene rings is 1. The number of rotatable bonds is 7. The highest BCUT2D eigenvalue weighted by atomic mass is 35.5. The van der Waals surface area contributed by atoms with Gasteiger partial charge in [-0.05, 0) is 56.5 Å². The average molecular weight is 377 g/mol. The molecule has 0 radical (unpaired) electrons. The first kappa shape index (κ1) is 18.9. The topological polar surface area (TPSA) is 85.3 Å². The number of halogens is 1. The zero-order chi connectivity index (χ0) is 18.4. The van der Waals surface area contributed by atoms with Crippen LogP contribution in [0, 0.1) is 0 Å². The molecule has 0 saturated carbocycles. The summed E-state index contributed by atoms with van der Waals surface area (Å²) in [7, 11) is 0. The Balaban J connectivity index is 1.59. The number of carbonyl (C=O) groups is 1. The van der Waals surface area contributed by atoms with E-state index >= 15 is 0 Å². The molecule has 6 nitrogen and oxygen atoms in total. The van der Waals surface area contributed by atoms with Gasteiger partial charge in [-0.2, -0.15) is 4.98 Å². The summed E-state index contributed by atoms with van der Waals surface area (Å²) < 4.78 is 5.48. The monoisotopic (exact) mass is 376 g/mol. The number of aromatic nitrogens is 2. The molecule has 0 spiro atoms. The number of amides is 1. The van der Waals surface area contributed by atoms with Crippen LogP contribution >= 0.6 is 11.6 Å². The van der Waals surface area contributed by atoms with Gasteiger partial charge in [-0.3, -0.25) is 4.79 Å². The SMILES string of the molecule is NCCCCCC(=O)N1CCC[C@@H](c2nc(-c3ccc(Cl)cc3)no2)C1. The molecule has 1 amide bonds. The van der Waals surface area contributed by atoms with Gasteiger partial charge in [0.05, 0.1) is 5.92 Å². The molecule has 7 heteroatoms. The number of unbranched alkanes of at least 4 members (excludes halogenated alkanes) is 2. The molecule has 2 aromatic rings. The maximum Gasteiger partial charge on any atom is 0.231 e. The molecule has 1 atom stereocenters. The van der Waals surface area contributed by atoms with E-state index in [1.165, 1.54) is 0 Å². The summed E-state index contributed by atoms with van der Waals surface area (Å²) in [6, 6.07) is 7.35. The molecular weight excluding hydrogens is 352 g/mol. The van der Waals surface area contributed by atoms with E-state index in [-0.39, 0.29) is 11.8 Å². The van der Waals surface area contributed by atoms with Gasteiger partial charge < -0.3 is 15.2 Å². The second-order valence-corrected chi connectivity index (χ2v) is 7.18. The third-order valence-corrected chi connectivity index (χ3v) is 5.01. The Morgan fingerprint density at radius 2 is 2.08 bits per heavy atom. The Morgan fingerprint density at radius 1 is 1.27 bits per heavy atom. The van der Waals surface area contributed by atoms with Crippen molar-refractivity contribution in [3.8, 4) is 11.4 Å². The van der Waals surface area contributed by atoms with Crippen molar-refractivity contribution < 1.29 is 9.32 Å². The number of hydrogen-bond acceptors (Lipinski definition) is 5. The number of nitrogens with zero attached hydrogens (tertiary/aromatic N) is 3. The van der Waals surface area contributed by atoms with Crippen molar-refractivity contribution in [1.82, 2.24) is 15.0 Å². The molecular formula is C19H25ClN4O2. The van der Waals surface area contributed by atoms with E-state index < -0.39 is 0 Å². The molecule has 1 saturated heterocycles. The van der Waals surface area contributed by atoms with Crippen LogP contribution in [0.3, 0.4) is 0 Å². The lowest BCUT2D eigenvalue weighted by Crippen LogP contribution is -2.39. The van der Waals surface area contributed by atoms with E-state index in [4.69, 9.17) is 21.9 Å². The van der Waals surface area contributed by atoms with Gasteiger partial charge in [0.1, 0.15) is 0 Å². The molecule has 26 heavy (non-hydrogen) atoms. The first-order chi connectivity index (χ1) is 12.7. The fourth-order valence-electron chi connectivity index (χ4n) is 3.28. The van der Waals surface area contributed by atoms with Gasteiger partial charge in [0, 0.05) is 30.1 Å². The third-order valence-electron chi connectivity index (χ3n) is 4.76. The fourth-order valence-corrected chi connectivity index (χ4v) is 3.40. The highest BCUT2D eigenvalue weighted by Crippen LogP contribution is 2.28. The average Bonchev–Trinajstić information content (AvgIpc) is 3.16. The number of nitrogens with two attached hydrogens (primary N) is 1. The molecule has 1 aromatic heterocycles. The van der Waals surface area contributed by atoms with Gasteiger partial charge >= 0.3 is 0 Å². The molecule has 1 fully saturated rings. The van der Waals surface area contributed by atoms with E-state index in [1.54, 1.807) is 12.1 Å². The Kier molecular flexibility index (Phi) is 6.63. The van der Waals surface area contributed by atoms with Gasteiger partial charge in [0.25, 0.3) is 0 Å². The van der Waals surface area contributed by atoms with Crippen molar-refractivity contribution in [2.45, 2.75) is 44.4 Å². The van der Waals surface area contributed by atoms with Crippen LogP contribution in [0.15, 0.2) is 28.8 Å². The van der Waals surface area contributed by atoms with Crippen molar-refractivity contribution in [3.05, 3.63) is 35.2 Å². The van der Waals surface area contributed by atoms with Crippen molar-refractivity contribution in [1.29, 1.82) is 0 Å². The number of carbonyl (C=O) groups excluding carboxylic acids is 1. The zero-order valence-corrected chi connectivity index (χ0v) is 15.6. The van der Waals surface area contributed by atoms with Crippen molar-refractivity contribution >= 4 is 17.5 Å². The van der Waals surface area contributed by atoms with E-state index in [0.29, 0.717) is 36.2 Å². The molecule has 0 bridgehead atoms. The highest BCUT2D eigenvalue weighted by Gasteiger charge is 2.28. The van der Waals surface area contributed by atoms with Crippen LogP contribution in [-0.2, 0) is 4.79 Å². The van der Waals surface area contributed by atoms with Crippen LogP contribution in [0.5, 0.6) is 0 Å². The standard InChI is InChI=1S/C19H25ClN4O2/c20-16-9-7-14(8-10-16)18-22-19(26-23-18)15-5-4-12-24(13-15)17(25)6-2-1-3-11-21/h7-10,15H,1-6,11-13,21H2/t15-/m1/s1. The Labute approximate surface area is 158 Å². The summed E-state index contributed by atoms with van der Waals surface area (Å²) >= 11 is 5.92. The Morgan fingerprint density at radius 3 is 2.85 bits per heavy atom. The van der Waals surface area contributed by atoms with Gasteiger partial charge in [-0.25, -0.2) is 0 Å². The Bertz CT molecular complexity index is 717. The summed E-state index contributed by atoms with van der Waals surface area (Å²) in [4.78, 5) is 18.9. The Hall–Kier alpha value is -1.92. The van der Waals surface area contributed by atoms with Crippen LogP contribution in [0.4, 0.5) is 0 Å². The van der Waals surface area contributed by atoms with Gasteiger partial charge in [0.2, 0.25) is 17.6 Å². The lowest BCUT2D eigenvalue weighted by molar-refractivity contribution is -0.132. The van der Waals surface area contributed by atoms with E-state index in [0.717, 1.165) is 44.2 Å². The summed E-state index contributed by atoms with van der Waals surface area (Å²) in [5.41, 5.74) is 6.37. The van der Waals surface area contributed by atoms with Crippen LogP contribution in [0.1, 0.15) is 50.3 Å². The number of likely N-dealkylation sites (tertiary alicyclic amines) is 1. The first-order valence-electron chi connectivity index (χ1n) is 9.25.